The summed E-state index contributed by atoms with van der Waals surface area (Å²) in [5, 5.41) is 9.99. The molecule has 1 aliphatic carbocycles. The van der Waals surface area contributed by atoms with Crippen molar-refractivity contribution in [3.05, 3.63) is 72.3 Å². The molecule has 4 rings (SSSR count). The summed E-state index contributed by atoms with van der Waals surface area (Å²) in [7, 11) is 0. The molecule has 2 amide bonds. The molecule has 2 heterocycles. The molecule has 25 heavy (non-hydrogen) atoms. The minimum Gasteiger partial charge on any atom is -0.334 e. The Morgan fingerprint density at radius 2 is 1.96 bits per heavy atom. The molecular weight excluding hydrogens is 314 g/mol. The van der Waals surface area contributed by atoms with Crippen LogP contribution in [0.5, 0.6) is 0 Å². The fourth-order valence-corrected chi connectivity index (χ4v) is 2.86. The standard InChI is InChI=1S/C19H19N5O/c25-19(21-11-15-3-1-2-4-18(15)14-5-6-14)23-16-12-22-24(13-16)17-7-9-20-10-8-17/h1-4,7-10,12-14H,5-6,11H2,(H2,21,23,25). The summed E-state index contributed by atoms with van der Waals surface area (Å²) in [5.74, 6) is 0.666. The molecule has 0 aliphatic heterocycles. The van der Waals surface area contributed by atoms with Gasteiger partial charge in [-0.05, 0) is 42.0 Å². The first-order chi connectivity index (χ1) is 12.3. The minimum absolute atomic E-state index is 0.236. The maximum absolute atomic E-state index is 12.2. The molecule has 6 heteroatoms. The predicted octanol–water partition coefficient (Wildman–Crippen LogP) is 3.47. The minimum atomic E-state index is -0.236. The number of pyridine rings is 1. The van der Waals surface area contributed by atoms with E-state index in [4.69, 9.17) is 0 Å². The zero-order valence-electron chi connectivity index (χ0n) is 13.7. The summed E-state index contributed by atoms with van der Waals surface area (Å²) < 4.78 is 1.69. The van der Waals surface area contributed by atoms with Gasteiger partial charge in [-0.2, -0.15) is 5.10 Å². The van der Waals surface area contributed by atoms with E-state index in [-0.39, 0.29) is 6.03 Å². The molecule has 6 nitrogen and oxygen atoms in total. The molecular formula is C19H19N5O. The maximum atomic E-state index is 12.2. The van der Waals surface area contributed by atoms with Gasteiger partial charge >= 0.3 is 6.03 Å². The molecule has 0 bridgehead atoms. The monoisotopic (exact) mass is 333 g/mol. The van der Waals surface area contributed by atoms with Gasteiger partial charge in [-0.3, -0.25) is 4.98 Å². The normalized spacial score (nSPS) is 13.4. The second kappa shape index (κ2) is 6.76. The summed E-state index contributed by atoms with van der Waals surface area (Å²) in [4.78, 5) is 16.1. The van der Waals surface area contributed by atoms with Crippen LogP contribution >= 0.6 is 0 Å². The number of hydrogen-bond donors (Lipinski definition) is 2. The zero-order chi connectivity index (χ0) is 17.1. The van der Waals surface area contributed by atoms with Crippen molar-refractivity contribution in [1.29, 1.82) is 0 Å². The van der Waals surface area contributed by atoms with E-state index in [2.05, 4.69) is 38.9 Å². The molecule has 1 fully saturated rings. The number of anilines is 1. The average Bonchev–Trinajstić information content (AvgIpc) is 3.40. The number of urea groups is 1. The molecule has 0 atom stereocenters. The molecule has 0 unspecified atom stereocenters. The highest BCUT2D eigenvalue weighted by Gasteiger charge is 2.25. The molecule has 3 aromatic rings. The van der Waals surface area contributed by atoms with Crippen LogP contribution in [0.2, 0.25) is 0 Å². The first kappa shape index (κ1) is 15.4. The Hall–Kier alpha value is -3.15. The lowest BCUT2D eigenvalue weighted by Crippen LogP contribution is -2.28. The topological polar surface area (TPSA) is 71.8 Å². The Balaban J connectivity index is 1.36. The molecule has 2 aromatic heterocycles. The van der Waals surface area contributed by atoms with Crippen molar-refractivity contribution in [3.63, 3.8) is 0 Å². The lowest BCUT2D eigenvalue weighted by atomic mass is 10.0. The highest BCUT2D eigenvalue weighted by Crippen LogP contribution is 2.41. The van der Waals surface area contributed by atoms with Crippen LogP contribution in [0.1, 0.15) is 29.9 Å². The molecule has 0 radical (unpaired) electrons. The molecule has 0 saturated heterocycles. The molecule has 2 N–H and O–H groups in total. The van der Waals surface area contributed by atoms with Gasteiger partial charge in [0.25, 0.3) is 0 Å². The fraction of sp³-hybridized carbons (Fsp3) is 0.211. The van der Waals surface area contributed by atoms with Gasteiger partial charge in [-0.25, -0.2) is 9.48 Å². The van der Waals surface area contributed by atoms with Crippen LogP contribution in [0.3, 0.4) is 0 Å². The van der Waals surface area contributed by atoms with Gasteiger partial charge < -0.3 is 10.6 Å². The Labute approximate surface area is 145 Å². The molecule has 126 valence electrons. The van der Waals surface area contributed by atoms with Crippen molar-refractivity contribution in [1.82, 2.24) is 20.1 Å². The zero-order valence-corrected chi connectivity index (χ0v) is 13.7. The second-order valence-electron chi connectivity index (χ2n) is 6.16. The van der Waals surface area contributed by atoms with Gasteiger partial charge in [0, 0.05) is 18.9 Å². The van der Waals surface area contributed by atoms with E-state index in [9.17, 15) is 4.79 Å². The summed E-state index contributed by atoms with van der Waals surface area (Å²) in [6, 6.07) is 11.8. The third-order valence-corrected chi connectivity index (χ3v) is 4.28. The van der Waals surface area contributed by atoms with Crippen LogP contribution in [0.15, 0.2) is 61.2 Å². The van der Waals surface area contributed by atoms with E-state index in [0.29, 0.717) is 18.2 Å². The van der Waals surface area contributed by atoms with Crippen molar-refractivity contribution < 1.29 is 4.79 Å². The average molecular weight is 333 g/mol. The number of carbonyl (C=O) groups excluding carboxylic acids is 1. The smallest absolute Gasteiger partial charge is 0.319 e. The number of amides is 2. The van der Waals surface area contributed by atoms with Crippen LogP contribution in [-0.4, -0.2) is 20.8 Å². The van der Waals surface area contributed by atoms with Gasteiger partial charge in [0.15, 0.2) is 0 Å². The highest BCUT2D eigenvalue weighted by atomic mass is 16.2. The third-order valence-electron chi connectivity index (χ3n) is 4.28. The lowest BCUT2D eigenvalue weighted by molar-refractivity contribution is 0.251. The summed E-state index contributed by atoms with van der Waals surface area (Å²) in [5.41, 5.74) is 4.08. The fourth-order valence-electron chi connectivity index (χ4n) is 2.86. The summed E-state index contributed by atoms with van der Waals surface area (Å²) in [6.07, 6.45) is 9.29. The van der Waals surface area contributed by atoms with Crippen LogP contribution in [0.4, 0.5) is 10.5 Å². The quantitative estimate of drug-likeness (QED) is 0.751. The Morgan fingerprint density at radius 3 is 2.76 bits per heavy atom. The summed E-state index contributed by atoms with van der Waals surface area (Å²) in [6.45, 7) is 0.525. The van der Waals surface area contributed by atoms with Crippen LogP contribution < -0.4 is 10.6 Å². The Bertz CT molecular complexity index is 870. The van der Waals surface area contributed by atoms with E-state index in [1.165, 1.54) is 24.0 Å². The number of nitrogens with zero attached hydrogens (tertiary/aromatic N) is 3. The van der Waals surface area contributed by atoms with Gasteiger partial charge in [-0.1, -0.05) is 24.3 Å². The Morgan fingerprint density at radius 1 is 1.16 bits per heavy atom. The molecule has 1 aliphatic rings. The van der Waals surface area contributed by atoms with E-state index >= 15 is 0 Å². The number of rotatable bonds is 5. The van der Waals surface area contributed by atoms with Gasteiger partial charge in [0.2, 0.25) is 0 Å². The van der Waals surface area contributed by atoms with Crippen molar-refractivity contribution in [3.8, 4) is 5.69 Å². The van der Waals surface area contributed by atoms with Crippen LogP contribution in [0.25, 0.3) is 5.69 Å². The Kier molecular flexibility index (Phi) is 4.16. The van der Waals surface area contributed by atoms with Gasteiger partial charge in [0.1, 0.15) is 0 Å². The predicted molar refractivity (Wildman–Crippen MR) is 95.6 cm³/mol. The maximum Gasteiger partial charge on any atom is 0.319 e. The van der Waals surface area contributed by atoms with E-state index < -0.39 is 0 Å². The lowest BCUT2D eigenvalue weighted by Gasteiger charge is -2.10. The second-order valence-corrected chi connectivity index (χ2v) is 6.16. The number of aromatic nitrogens is 3. The number of benzene rings is 1. The van der Waals surface area contributed by atoms with Crippen molar-refractivity contribution in [2.45, 2.75) is 25.3 Å². The molecule has 1 aromatic carbocycles. The van der Waals surface area contributed by atoms with Crippen molar-refractivity contribution >= 4 is 11.7 Å². The van der Waals surface area contributed by atoms with Gasteiger partial charge in [-0.15, -0.1) is 0 Å². The van der Waals surface area contributed by atoms with E-state index in [1.54, 1.807) is 29.5 Å². The van der Waals surface area contributed by atoms with Gasteiger partial charge in [0.05, 0.1) is 23.8 Å². The van der Waals surface area contributed by atoms with Crippen molar-refractivity contribution in [2.75, 3.05) is 5.32 Å². The number of nitrogens with one attached hydrogen (secondary N) is 2. The summed E-state index contributed by atoms with van der Waals surface area (Å²) >= 11 is 0. The van der Waals surface area contributed by atoms with Crippen LogP contribution in [0, 0.1) is 0 Å². The van der Waals surface area contributed by atoms with E-state index in [1.807, 2.05) is 18.2 Å². The first-order valence-electron chi connectivity index (χ1n) is 8.37. The third kappa shape index (κ3) is 3.68. The molecule has 0 spiro atoms. The number of carbonyl (C=O) groups is 1. The van der Waals surface area contributed by atoms with Crippen molar-refractivity contribution in [2.24, 2.45) is 0 Å². The molecule has 1 saturated carbocycles. The number of hydrogen-bond acceptors (Lipinski definition) is 3. The SMILES string of the molecule is O=C(NCc1ccccc1C1CC1)Nc1cnn(-c2ccncc2)c1. The first-order valence-corrected chi connectivity index (χ1v) is 8.37. The largest absolute Gasteiger partial charge is 0.334 e. The van der Waals surface area contributed by atoms with Crippen LogP contribution in [-0.2, 0) is 6.54 Å². The highest BCUT2D eigenvalue weighted by molar-refractivity contribution is 5.88. The van der Waals surface area contributed by atoms with E-state index in [0.717, 1.165) is 5.69 Å².